The molecule has 7 heteroatoms. The number of hydrogen-bond acceptors (Lipinski definition) is 5. The van der Waals surface area contributed by atoms with Gasteiger partial charge in [-0.2, -0.15) is 5.10 Å². The Balaban J connectivity index is 0.000000204. The number of pyridine rings is 1. The molecule has 3 aromatic rings. The largest absolute Gasteiger partial charge is 0.495 e. The van der Waals surface area contributed by atoms with E-state index in [1.807, 2.05) is 6.07 Å². The van der Waals surface area contributed by atoms with E-state index in [4.69, 9.17) is 16.3 Å². The number of nitrogens with zero attached hydrogens (tertiary/aromatic N) is 2. The smallest absolute Gasteiger partial charge is 0.264 e. The average Bonchev–Trinajstić information content (AvgIpc) is 2.82. The van der Waals surface area contributed by atoms with Gasteiger partial charge in [0.05, 0.1) is 19.0 Å². The first-order chi connectivity index (χ1) is 15.0. The van der Waals surface area contributed by atoms with Gasteiger partial charge in [-0.1, -0.05) is 49.9 Å². The molecule has 6 nitrogen and oxygen atoms in total. The molecule has 0 unspecified atom stereocenters. The van der Waals surface area contributed by atoms with Crippen molar-refractivity contribution in [2.75, 3.05) is 14.2 Å². The predicted molar refractivity (Wildman–Crippen MR) is 127 cm³/mol. The molecule has 1 aliphatic rings. The highest BCUT2D eigenvalue weighted by Crippen LogP contribution is 2.39. The van der Waals surface area contributed by atoms with Crippen molar-refractivity contribution in [2.45, 2.75) is 44.4 Å². The quantitative estimate of drug-likeness (QED) is 0.596. The SMILES string of the molecule is CC1(c2cccc(Cl)c2)CCCCC1.CN.COc1cncc(-c2ccc(=O)[nH]n2)c1. The number of H-pyrrole nitrogens is 1. The van der Waals surface area contributed by atoms with E-state index in [2.05, 4.69) is 46.0 Å². The summed E-state index contributed by atoms with van der Waals surface area (Å²) in [6.45, 7) is 2.37. The van der Waals surface area contributed by atoms with Crippen LogP contribution in [0.3, 0.4) is 0 Å². The number of methoxy groups -OCH3 is 1. The van der Waals surface area contributed by atoms with Gasteiger partial charge in [0, 0.05) is 22.8 Å². The number of nitrogens with one attached hydrogen (secondary N) is 1. The minimum atomic E-state index is -0.227. The molecule has 1 fully saturated rings. The Hall–Kier alpha value is -2.70. The lowest BCUT2D eigenvalue weighted by Gasteiger charge is -2.34. The molecule has 166 valence electrons. The van der Waals surface area contributed by atoms with Crippen LogP contribution in [-0.2, 0) is 5.41 Å². The highest BCUT2D eigenvalue weighted by atomic mass is 35.5. The van der Waals surface area contributed by atoms with E-state index in [1.54, 1.807) is 31.6 Å². The van der Waals surface area contributed by atoms with E-state index in [-0.39, 0.29) is 5.56 Å². The minimum Gasteiger partial charge on any atom is -0.495 e. The summed E-state index contributed by atoms with van der Waals surface area (Å²) in [5.74, 6) is 0.653. The molecule has 1 saturated carbocycles. The third-order valence-electron chi connectivity index (χ3n) is 5.40. The number of nitrogens with two attached hydrogens (primary N) is 1. The molecule has 1 aromatic carbocycles. The first-order valence-corrected chi connectivity index (χ1v) is 10.8. The zero-order valence-corrected chi connectivity index (χ0v) is 19.2. The third-order valence-corrected chi connectivity index (χ3v) is 5.64. The molecule has 31 heavy (non-hydrogen) atoms. The standard InChI is InChI=1S/C13H17Cl.C10H9N3O2.CH5N/c1-13(8-3-2-4-9-13)11-6-5-7-12(14)10-11;1-15-8-4-7(5-11-6-8)9-2-3-10(14)13-12-9;1-2/h5-7,10H,2-4,8-9H2,1H3;2-6H,1H3,(H,13,14);2H2,1H3. The number of benzene rings is 1. The van der Waals surface area contributed by atoms with Gasteiger partial charge in [-0.25, -0.2) is 5.10 Å². The maximum Gasteiger partial charge on any atom is 0.264 e. The molecule has 0 spiro atoms. The second kappa shape index (κ2) is 12.2. The Morgan fingerprint density at radius 3 is 2.42 bits per heavy atom. The van der Waals surface area contributed by atoms with Gasteiger partial charge in [0.2, 0.25) is 0 Å². The fourth-order valence-corrected chi connectivity index (χ4v) is 3.85. The molecule has 4 rings (SSSR count). The maximum atomic E-state index is 10.8. The Bertz CT molecular complexity index is 980. The van der Waals surface area contributed by atoms with Crippen LogP contribution in [0.5, 0.6) is 5.75 Å². The molecule has 0 amide bonds. The van der Waals surface area contributed by atoms with Gasteiger partial charge >= 0.3 is 0 Å². The number of halogens is 1. The summed E-state index contributed by atoms with van der Waals surface area (Å²) in [5, 5.41) is 7.12. The first kappa shape index (κ1) is 24.6. The van der Waals surface area contributed by atoms with Crippen LogP contribution in [0, 0.1) is 0 Å². The van der Waals surface area contributed by atoms with E-state index >= 15 is 0 Å². The Morgan fingerprint density at radius 2 is 1.81 bits per heavy atom. The summed E-state index contributed by atoms with van der Waals surface area (Å²) >= 11 is 6.03. The van der Waals surface area contributed by atoms with Crippen LogP contribution < -0.4 is 16.0 Å². The molecule has 0 aliphatic heterocycles. The number of aromatic amines is 1. The Morgan fingerprint density at radius 1 is 1.06 bits per heavy atom. The molecule has 0 atom stereocenters. The number of rotatable bonds is 3. The summed E-state index contributed by atoms with van der Waals surface area (Å²) in [4.78, 5) is 14.8. The van der Waals surface area contributed by atoms with Crippen LogP contribution in [0.25, 0.3) is 11.3 Å². The average molecular weight is 443 g/mol. The summed E-state index contributed by atoms with van der Waals surface area (Å²) < 4.78 is 5.04. The fraction of sp³-hybridized carbons (Fsp3) is 0.375. The van der Waals surface area contributed by atoms with Crippen molar-refractivity contribution in [1.82, 2.24) is 15.2 Å². The molecular weight excluding hydrogens is 412 g/mol. The number of hydrogen-bond donors (Lipinski definition) is 2. The molecule has 1 aliphatic carbocycles. The second-order valence-corrected chi connectivity index (χ2v) is 7.99. The zero-order valence-electron chi connectivity index (χ0n) is 18.4. The maximum absolute atomic E-state index is 10.8. The van der Waals surface area contributed by atoms with Crippen molar-refractivity contribution in [2.24, 2.45) is 5.73 Å². The Kier molecular flexibility index (Phi) is 9.69. The van der Waals surface area contributed by atoms with Crippen LogP contribution in [0.1, 0.15) is 44.6 Å². The molecule has 0 radical (unpaired) electrons. The van der Waals surface area contributed by atoms with Crippen LogP contribution in [0.2, 0.25) is 5.02 Å². The van der Waals surface area contributed by atoms with Gasteiger partial charge in [0.25, 0.3) is 5.56 Å². The van der Waals surface area contributed by atoms with Gasteiger partial charge in [0.15, 0.2) is 0 Å². The van der Waals surface area contributed by atoms with Gasteiger partial charge in [0.1, 0.15) is 5.75 Å². The monoisotopic (exact) mass is 442 g/mol. The van der Waals surface area contributed by atoms with E-state index in [0.717, 1.165) is 10.6 Å². The lowest BCUT2D eigenvalue weighted by atomic mass is 9.71. The lowest BCUT2D eigenvalue weighted by molar-refractivity contribution is 0.319. The first-order valence-electron chi connectivity index (χ1n) is 10.4. The highest BCUT2D eigenvalue weighted by molar-refractivity contribution is 6.30. The van der Waals surface area contributed by atoms with Crippen LogP contribution in [-0.4, -0.2) is 29.3 Å². The van der Waals surface area contributed by atoms with Crippen LogP contribution >= 0.6 is 11.6 Å². The van der Waals surface area contributed by atoms with Crippen molar-refractivity contribution in [3.8, 4) is 17.0 Å². The van der Waals surface area contributed by atoms with Crippen molar-refractivity contribution < 1.29 is 4.74 Å². The van der Waals surface area contributed by atoms with Gasteiger partial charge in [-0.3, -0.25) is 9.78 Å². The third kappa shape index (κ3) is 7.19. The second-order valence-electron chi connectivity index (χ2n) is 7.55. The summed E-state index contributed by atoms with van der Waals surface area (Å²) in [6, 6.07) is 13.2. The van der Waals surface area contributed by atoms with Gasteiger partial charge < -0.3 is 10.5 Å². The fourth-order valence-electron chi connectivity index (χ4n) is 3.66. The molecular formula is C24H31ClN4O2. The van der Waals surface area contributed by atoms with Gasteiger partial charge in [-0.05, 0) is 55.1 Å². The van der Waals surface area contributed by atoms with Crippen LogP contribution in [0.4, 0.5) is 0 Å². The highest BCUT2D eigenvalue weighted by Gasteiger charge is 2.28. The van der Waals surface area contributed by atoms with Gasteiger partial charge in [-0.15, -0.1) is 0 Å². The molecule has 3 N–H and O–H groups in total. The van der Waals surface area contributed by atoms with Crippen molar-refractivity contribution in [3.63, 3.8) is 0 Å². The van der Waals surface area contributed by atoms with E-state index in [0.29, 0.717) is 16.9 Å². The Labute approximate surface area is 188 Å². The molecule has 2 heterocycles. The molecule has 0 saturated heterocycles. The van der Waals surface area contributed by atoms with E-state index in [1.165, 1.54) is 50.8 Å². The molecule has 0 bridgehead atoms. The van der Waals surface area contributed by atoms with Crippen molar-refractivity contribution >= 4 is 11.6 Å². The van der Waals surface area contributed by atoms with Crippen LogP contribution in [0.15, 0.2) is 59.7 Å². The summed E-state index contributed by atoms with van der Waals surface area (Å²) in [5.41, 5.74) is 7.52. The molecule has 2 aromatic heterocycles. The van der Waals surface area contributed by atoms with Crippen molar-refractivity contribution in [3.05, 3.63) is 75.8 Å². The van der Waals surface area contributed by atoms with E-state index < -0.39 is 0 Å². The van der Waals surface area contributed by atoms with E-state index in [9.17, 15) is 4.79 Å². The summed E-state index contributed by atoms with van der Waals surface area (Å²) in [7, 11) is 3.07. The lowest BCUT2D eigenvalue weighted by Crippen LogP contribution is -2.24. The predicted octanol–water partition coefficient (Wildman–Crippen LogP) is 4.98. The van der Waals surface area contributed by atoms with Crippen molar-refractivity contribution in [1.29, 1.82) is 0 Å². The number of aromatic nitrogens is 3. The number of ether oxygens (including phenoxy) is 1. The zero-order chi connectivity index (χ0) is 22.7. The normalized spacial score (nSPS) is 14.4. The minimum absolute atomic E-state index is 0.227. The summed E-state index contributed by atoms with van der Waals surface area (Å²) in [6.07, 6.45) is 10.0. The topological polar surface area (TPSA) is 93.9 Å².